The molecule has 0 saturated heterocycles. The number of fused-ring (bicyclic) bond motifs is 2. The zero-order chi connectivity index (χ0) is 16.2. The van der Waals surface area contributed by atoms with E-state index in [1.165, 1.54) is 25.3 Å². The van der Waals surface area contributed by atoms with Gasteiger partial charge in [-0.15, -0.1) is 0 Å². The number of methoxy groups -OCH3 is 1. The van der Waals surface area contributed by atoms with Crippen molar-refractivity contribution in [2.75, 3.05) is 7.11 Å². The van der Waals surface area contributed by atoms with Gasteiger partial charge < -0.3 is 14.9 Å². The van der Waals surface area contributed by atoms with E-state index in [2.05, 4.69) is 0 Å². The van der Waals surface area contributed by atoms with Crippen LogP contribution in [-0.4, -0.2) is 28.9 Å². The summed E-state index contributed by atoms with van der Waals surface area (Å²) in [5.41, 5.74) is 0.297. The van der Waals surface area contributed by atoms with E-state index in [-0.39, 0.29) is 44.5 Å². The number of rotatable bonds is 1. The minimum Gasteiger partial charge on any atom is -0.508 e. The molecule has 6 heteroatoms. The Morgan fingerprint density at radius 2 is 1.68 bits per heavy atom. The van der Waals surface area contributed by atoms with Gasteiger partial charge in [-0.1, -0.05) is 11.6 Å². The molecule has 5 nitrogen and oxygen atoms in total. The molecule has 2 aromatic rings. The minimum atomic E-state index is -0.569. The van der Waals surface area contributed by atoms with E-state index in [1.807, 2.05) is 0 Å². The lowest BCUT2D eigenvalue weighted by atomic mass is 9.82. The first-order chi connectivity index (χ1) is 10.4. The van der Waals surface area contributed by atoms with Crippen molar-refractivity contribution < 1.29 is 24.5 Å². The fraction of sp³-hybridized carbons (Fsp3) is 0.125. The van der Waals surface area contributed by atoms with Crippen molar-refractivity contribution in [1.82, 2.24) is 0 Å². The van der Waals surface area contributed by atoms with Gasteiger partial charge in [-0.3, -0.25) is 9.59 Å². The third kappa shape index (κ3) is 1.79. The summed E-state index contributed by atoms with van der Waals surface area (Å²) in [6.45, 7) is 1.62. The Balaban J connectivity index is 2.43. The zero-order valence-electron chi connectivity index (χ0n) is 11.7. The van der Waals surface area contributed by atoms with Crippen LogP contribution in [0, 0.1) is 6.92 Å². The molecule has 0 heterocycles. The highest BCUT2D eigenvalue weighted by Gasteiger charge is 2.37. The van der Waals surface area contributed by atoms with Crippen molar-refractivity contribution in [2.45, 2.75) is 6.92 Å². The number of ketones is 2. The number of carbonyl (C=O) groups excluding carboxylic acids is 2. The van der Waals surface area contributed by atoms with Gasteiger partial charge in [0.05, 0.1) is 28.8 Å². The lowest BCUT2D eigenvalue weighted by molar-refractivity contribution is 0.0974. The van der Waals surface area contributed by atoms with Gasteiger partial charge in [-0.2, -0.15) is 0 Å². The van der Waals surface area contributed by atoms with Crippen molar-refractivity contribution in [3.05, 3.63) is 51.0 Å². The molecule has 0 fully saturated rings. The number of phenols is 2. The third-order valence-electron chi connectivity index (χ3n) is 3.66. The second kappa shape index (κ2) is 4.74. The predicted molar refractivity (Wildman–Crippen MR) is 79.4 cm³/mol. The molecule has 0 bridgehead atoms. The first kappa shape index (κ1) is 14.4. The highest BCUT2D eigenvalue weighted by molar-refractivity contribution is 6.40. The molecule has 0 atom stereocenters. The van der Waals surface area contributed by atoms with Crippen molar-refractivity contribution in [2.24, 2.45) is 0 Å². The number of ether oxygens (including phenoxy) is 1. The summed E-state index contributed by atoms with van der Waals surface area (Å²) < 4.78 is 5.07. The molecule has 22 heavy (non-hydrogen) atoms. The molecule has 2 aromatic carbocycles. The number of hydrogen-bond donors (Lipinski definition) is 2. The van der Waals surface area contributed by atoms with Gasteiger partial charge in [0, 0.05) is 11.6 Å². The number of carbonyl (C=O) groups is 2. The van der Waals surface area contributed by atoms with Crippen LogP contribution in [0.25, 0.3) is 0 Å². The Morgan fingerprint density at radius 3 is 2.32 bits per heavy atom. The maximum atomic E-state index is 12.7. The normalized spacial score (nSPS) is 12.9. The summed E-state index contributed by atoms with van der Waals surface area (Å²) in [7, 11) is 1.32. The Labute approximate surface area is 130 Å². The molecule has 0 aliphatic heterocycles. The summed E-state index contributed by atoms with van der Waals surface area (Å²) >= 11 is 6.15. The number of benzene rings is 2. The Morgan fingerprint density at radius 1 is 1.00 bits per heavy atom. The van der Waals surface area contributed by atoms with E-state index in [4.69, 9.17) is 16.3 Å². The highest BCUT2D eigenvalue weighted by Crippen LogP contribution is 2.42. The fourth-order valence-electron chi connectivity index (χ4n) is 2.65. The van der Waals surface area contributed by atoms with Gasteiger partial charge in [-0.25, -0.2) is 0 Å². The van der Waals surface area contributed by atoms with Crippen LogP contribution in [0.4, 0.5) is 0 Å². The minimum absolute atomic E-state index is 0.00116. The molecular formula is C16H11ClO5. The van der Waals surface area contributed by atoms with Crippen LogP contribution in [0.3, 0.4) is 0 Å². The molecular weight excluding hydrogens is 308 g/mol. The summed E-state index contributed by atoms with van der Waals surface area (Å²) in [5.74, 6) is -1.55. The molecule has 0 saturated carbocycles. The van der Waals surface area contributed by atoms with Gasteiger partial charge in [0.15, 0.2) is 5.78 Å². The Hall–Kier alpha value is -2.53. The van der Waals surface area contributed by atoms with Crippen LogP contribution in [0.15, 0.2) is 18.2 Å². The zero-order valence-corrected chi connectivity index (χ0v) is 12.5. The van der Waals surface area contributed by atoms with Crippen molar-refractivity contribution in [3.63, 3.8) is 0 Å². The standard InChI is InChI=1S/C16H11ClO5/c1-6-3-9(19)12-13(14(6)17)15(20)8-4-7(18)5-10(22-2)11(8)16(12)21/h3-5,18-19H,1-2H3. The maximum Gasteiger partial charge on any atom is 0.202 e. The van der Waals surface area contributed by atoms with Gasteiger partial charge >= 0.3 is 0 Å². The van der Waals surface area contributed by atoms with Crippen molar-refractivity contribution in [3.8, 4) is 17.2 Å². The number of phenolic OH excluding ortho intramolecular Hbond substituents is 2. The fourth-order valence-corrected chi connectivity index (χ4v) is 2.89. The summed E-state index contributed by atoms with van der Waals surface area (Å²) in [4.78, 5) is 25.4. The lowest BCUT2D eigenvalue weighted by Crippen LogP contribution is -2.22. The Kier molecular flexibility index (Phi) is 3.11. The summed E-state index contributed by atoms with van der Waals surface area (Å²) in [6, 6.07) is 3.77. The molecule has 0 unspecified atom stereocenters. The van der Waals surface area contributed by atoms with E-state index >= 15 is 0 Å². The molecule has 0 amide bonds. The van der Waals surface area contributed by atoms with Gasteiger partial charge in [-0.05, 0) is 24.6 Å². The van der Waals surface area contributed by atoms with E-state index in [0.717, 1.165) is 0 Å². The van der Waals surface area contributed by atoms with E-state index in [0.29, 0.717) is 5.56 Å². The van der Waals surface area contributed by atoms with Gasteiger partial charge in [0.2, 0.25) is 5.78 Å². The largest absolute Gasteiger partial charge is 0.508 e. The quantitative estimate of drug-likeness (QED) is 0.720. The summed E-state index contributed by atoms with van der Waals surface area (Å²) in [5, 5.41) is 19.9. The second-order valence-corrected chi connectivity index (χ2v) is 5.38. The van der Waals surface area contributed by atoms with Gasteiger partial charge in [0.25, 0.3) is 0 Å². The molecule has 1 aliphatic rings. The maximum absolute atomic E-state index is 12.7. The summed E-state index contributed by atoms with van der Waals surface area (Å²) in [6.07, 6.45) is 0. The van der Waals surface area contributed by atoms with Crippen molar-refractivity contribution >= 4 is 23.2 Å². The molecule has 0 radical (unpaired) electrons. The smallest absolute Gasteiger partial charge is 0.202 e. The molecule has 0 spiro atoms. The topological polar surface area (TPSA) is 83.8 Å². The first-order valence-corrected chi connectivity index (χ1v) is 6.77. The monoisotopic (exact) mass is 318 g/mol. The highest BCUT2D eigenvalue weighted by atomic mass is 35.5. The predicted octanol–water partition coefficient (Wildman–Crippen LogP) is 2.84. The van der Waals surface area contributed by atoms with E-state index < -0.39 is 11.6 Å². The lowest BCUT2D eigenvalue weighted by Gasteiger charge is -2.22. The van der Waals surface area contributed by atoms with E-state index in [9.17, 15) is 19.8 Å². The molecule has 112 valence electrons. The number of hydrogen-bond acceptors (Lipinski definition) is 5. The Bertz CT molecular complexity index is 854. The molecule has 1 aliphatic carbocycles. The third-order valence-corrected chi connectivity index (χ3v) is 4.14. The van der Waals surface area contributed by atoms with E-state index in [1.54, 1.807) is 6.92 Å². The SMILES string of the molecule is COc1cc(O)cc2c1C(=O)c1c(O)cc(C)c(Cl)c1C2=O. The van der Waals surface area contributed by atoms with Crippen LogP contribution < -0.4 is 4.74 Å². The average Bonchev–Trinajstić information content (AvgIpc) is 2.47. The van der Waals surface area contributed by atoms with Gasteiger partial charge in [0.1, 0.15) is 17.2 Å². The van der Waals surface area contributed by atoms with Crippen LogP contribution in [-0.2, 0) is 0 Å². The number of aromatic hydroxyl groups is 2. The van der Waals surface area contributed by atoms with Crippen LogP contribution in [0.5, 0.6) is 17.2 Å². The number of aryl methyl sites for hydroxylation is 1. The first-order valence-electron chi connectivity index (χ1n) is 6.39. The van der Waals surface area contributed by atoms with Crippen LogP contribution >= 0.6 is 11.6 Å². The average molecular weight is 319 g/mol. The molecule has 2 N–H and O–H groups in total. The van der Waals surface area contributed by atoms with Crippen LogP contribution in [0.1, 0.15) is 37.4 Å². The molecule has 0 aromatic heterocycles. The molecule has 3 rings (SSSR count). The van der Waals surface area contributed by atoms with Crippen molar-refractivity contribution in [1.29, 1.82) is 0 Å². The second-order valence-electron chi connectivity index (χ2n) is 5.01. The van der Waals surface area contributed by atoms with Crippen LogP contribution in [0.2, 0.25) is 5.02 Å². The number of halogens is 1.